The minimum absolute atomic E-state index is 0.264. The zero-order chi connectivity index (χ0) is 15.1. The van der Waals surface area contributed by atoms with Gasteiger partial charge in [-0.1, -0.05) is 6.92 Å². The van der Waals surface area contributed by atoms with Crippen LogP contribution in [0.25, 0.3) is 0 Å². The summed E-state index contributed by atoms with van der Waals surface area (Å²) in [6.45, 7) is 4.66. The number of likely N-dealkylation sites (tertiary alicyclic amines) is 1. The van der Waals surface area contributed by atoms with Gasteiger partial charge in [0.1, 0.15) is 11.5 Å². The van der Waals surface area contributed by atoms with Gasteiger partial charge in [0.15, 0.2) is 0 Å². The van der Waals surface area contributed by atoms with E-state index in [-0.39, 0.29) is 5.91 Å². The molecular weight excluding hydrogens is 266 g/mol. The Morgan fingerprint density at radius 2 is 1.81 bits per heavy atom. The quantitative estimate of drug-likeness (QED) is 0.756. The summed E-state index contributed by atoms with van der Waals surface area (Å²) in [6, 6.07) is 7.50. The maximum absolute atomic E-state index is 12.1. The van der Waals surface area contributed by atoms with Crippen LogP contribution in [0.4, 0.5) is 0 Å². The molecule has 21 heavy (non-hydrogen) atoms. The molecule has 4 heteroatoms. The molecule has 0 saturated carbocycles. The summed E-state index contributed by atoms with van der Waals surface area (Å²) < 4.78 is 10.7. The minimum atomic E-state index is 0.264. The fourth-order valence-corrected chi connectivity index (χ4v) is 2.50. The first-order valence-electron chi connectivity index (χ1n) is 7.73. The van der Waals surface area contributed by atoms with Gasteiger partial charge in [0, 0.05) is 19.5 Å². The summed E-state index contributed by atoms with van der Waals surface area (Å²) in [4.78, 5) is 14.0. The average Bonchev–Trinajstić information content (AvgIpc) is 2.52. The second-order valence-electron chi connectivity index (χ2n) is 5.69. The number of hydrogen-bond acceptors (Lipinski definition) is 3. The molecule has 1 aliphatic heterocycles. The zero-order valence-corrected chi connectivity index (χ0v) is 13.0. The van der Waals surface area contributed by atoms with Crippen molar-refractivity contribution in [2.24, 2.45) is 5.92 Å². The maximum Gasteiger partial charge on any atom is 0.222 e. The molecule has 0 aromatic heterocycles. The predicted octanol–water partition coefficient (Wildman–Crippen LogP) is 3.11. The van der Waals surface area contributed by atoms with Crippen molar-refractivity contribution >= 4 is 5.91 Å². The molecule has 0 N–H and O–H groups in total. The Labute approximate surface area is 127 Å². The van der Waals surface area contributed by atoms with Gasteiger partial charge in [0.25, 0.3) is 0 Å². The van der Waals surface area contributed by atoms with E-state index in [1.54, 1.807) is 7.11 Å². The fraction of sp³-hybridized carbons (Fsp3) is 0.588. The second-order valence-corrected chi connectivity index (χ2v) is 5.69. The second kappa shape index (κ2) is 7.91. The van der Waals surface area contributed by atoms with Gasteiger partial charge in [-0.2, -0.15) is 0 Å². The van der Waals surface area contributed by atoms with Crippen LogP contribution in [0.3, 0.4) is 0 Å². The van der Waals surface area contributed by atoms with Gasteiger partial charge in [-0.3, -0.25) is 4.79 Å². The number of piperidine rings is 1. The molecule has 0 unspecified atom stereocenters. The molecule has 1 aliphatic rings. The van der Waals surface area contributed by atoms with Gasteiger partial charge in [-0.15, -0.1) is 0 Å². The van der Waals surface area contributed by atoms with Crippen LogP contribution in [0.2, 0.25) is 0 Å². The molecule has 0 radical (unpaired) electrons. The van der Waals surface area contributed by atoms with Crippen molar-refractivity contribution in [1.29, 1.82) is 0 Å². The third-order valence-electron chi connectivity index (χ3n) is 4.00. The Morgan fingerprint density at radius 3 is 2.43 bits per heavy atom. The third kappa shape index (κ3) is 4.96. The van der Waals surface area contributed by atoms with E-state index in [2.05, 4.69) is 6.92 Å². The molecule has 4 nitrogen and oxygen atoms in total. The Morgan fingerprint density at radius 1 is 1.19 bits per heavy atom. The van der Waals surface area contributed by atoms with E-state index in [1.165, 1.54) is 0 Å². The topological polar surface area (TPSA) is 38.8 Å². The lowest BCUT2D eigenvalue weighted by Gasteiger charge is -2.30. The SMILES string of the molecule is COc1ccc(OCCCC(=O)N2CCC(C)CC2)cc1. The van der Waals surface area contributed by atoms with E-state index >= 15 is 0 Å². The van der Waals surface area contributed by atoms with Crippen LogP contribution in [-0.4, -0.2) is 37.6 Å². The molecule has 2 rings (SSSR count). The molecule has 0 bridgehead atoms. The van der Waals surface area contributed by atoms with Gasteiger partial charge in [-0.25, -0.2) is 0 Å². The van der Waals surface area contributed by atoms with Crippen LogP contribution >= 0.6 is 0 Å². The molecule has 0 atom stereocenters. The standard InChI is InChI=1S/C17H25NO3/c1-14-9-11-18(12-10-14)17(19)4-3-13-21-16-7-5-15(20-2)6-8-16/h5-8,14H,3-4,9-13H2,1-2H3. The monoisotopic (exact) mass is 291 g/mol. The number of carbonyl (C=O) groups is 1. The fourth-order valence-electron chi connectivity index (χ4n) is 2.50. The highest BCUT2D eigenvalue weighted by molar-refractivity contribution is 5.76. The smallest absolute Gasteiger partial charge is 0.222 e. The van der Waals surface area contributed by atoms with E-state index in [4.69, 9.17) is 9.47 Å². The third-order valence-corrected chi connectivity index (χ3v) is 4.00. The summed E-state index contributed by atoms with van der Waals surface area (Å²) >= 11 is 0. The highest BCUT2D eigenvalue weighted by Crippen LogP contribution is 2.18. The first-order valence-corrected chi connectivity index (χ1v) is 7.73. The Bertz CT molecular complexity index is 436. The van der Waals surface area contributed by atoms with Gasteiger partial charge in [0.2, 0.25) is 5.91 Å². The summed E-state index contributed by atoms with van der Waals surface area (Å²) in [5.74, 6) is 2.65. The lowest BCUT2D eigenvalue weighted by molar-refractivity contribution is -0.132. The Balaban J connectivity index is 1.63. The maximum atomic E-state index is 12.1. The lowest BCUT2D eigenvalue weighted by Crippen LogP contribution is -2.37. The van der Waals surface area contributed by atoms with E-state index in [0.29, 0.717) is 13.0 Å². The molecule has 1 saturated heterocycles. The van der Waals surface area contributed by atoms with Crippen molar-refractivity contribution in [2.75, 3.05) is 26.8 Å². The van der Waals surface area contributed by atoms with Crippen LogP contribution in [0.15, 0.2) is 24.3 Å². The highest BCUT2D eigenvalue weighted by Gasteiger charge is 2.19. The van der Waals surface area contributed by atoms with E-state index < -0.39 is 0 Å². The number of benzene rings is 1. The highest BCUT2D eigenvalue weighted by atomic mass is 16.5. The van der Waals surface area contributed by atoms with Crippen molar-refractivity contribution in [3.63, 3.8) is 0 Å². The van der Waals surface area contributed by atoms with Gasteiger partial charge < -0.3 is 14.4 Å². The average molecular weight is 291 g/mol. The van der Waals surface area contributed by atoms with Crippen molar-refractivity contribution in [3.8, 4) is 11.5 Å². The van der Waals surface area contributed by atoms with Crippen molar-refractivity contribution in [3.05, 3.63) is 24.3 Å². The predicted molar refractivity (Wildman–Crippen MR) is 82.7 cm³/mol. The van der Waals surface area contributed by atoms with E-state index in [1.807, 2.05) is 29.2 Å². The number of methoxy groups -OCH3 is 1. The molecule has 0 aliphatic carbocycles. The number of hydrogen-bond donors (Lipinski definition) is 0. The number of ether oxygens (including phenoxy) is 2. The van der Waals surface area contributed by atoms with Crippen molar-refractivity contribution in [2.45, 2.75) is 32.6 Å². The van der Waals surface area contributed by atoms with Crippen molar-refractivity contribution in [1.82, 2.24) is 4.90 Å². The van der Waals surface area contributed by atoms with E-state index in [0.717, 1.165) is 49.8 Å². The molecular formula is C17H25NO3. The largest absolute Gasteiger partial charge is 0.497 e. The first-order chi connectivity index (χ1) is 10.2. The summed E-state index contributed by atoms with van der Waals surface area (Å²) in [5.41, 5.74) is 0. The summed E-state index contributed by atoms with van der Waals surface area (Å²) in [5, 5.41) is 0. The lowest BCUT2D eigenvalue weighted by atomic mass is 9.99. The molecule has 1 aromatic carbocycles. The molecule has 1 fully saturated rings. The normalized spacial score (nSPS) is 15.8. The number of amides is 1. The van der Waals surface area contributed by atoms with E-state index in [9.17, 15) is 4.79 Å². The number of rotatable bonds is 6. The Hall–Kier alpha value is -1.71. The summed E-state index contributed by atoms with van der Waals surface area (Å²) in [7, 11) is 1.64. The van der Waals surface area contributed by atoms with Gasteiger partial charge in [0.05, 0.1) is 13.7 Å². The van der Waals surface area contributed by atoms with Gasteiger partial charge in [-0.05, 0) is 49.4 Å². The molecule has 1 aromatic rings. The van der Waals surface area contributed by atoms with Crippen molar-refractivity contribution < 1.29 is 14.3 Å². The van der Waals surface area contributed by atoms with Gasteiger partial charge >= 0.3 is 0 Å². The minimum Gasteiger partial charge on any atom is -0.497 e. The number of carbonyl (C=O) groups excluding carboxylic acids is 1. The van der Waals surface area contributed by atoms with Crippen LogP contribution in [-0.2, 0) is 4.79 Å². The van der Waals surface area contributed by atoms with Crippen LogP contribution in [0, 0.1) is 5.92 Å². The van der Waals surface area contributed by atoms with Crippen LogP contribution < -0.4 is 9.47 Å². The summed E-state index contributed by atoms with van der Waals surface area (Å²) in [6.07, 6.45) is 3.60. The Kier molecular flexibility index (Phi) is 5.90. The molecule has 116 valence electrons. The first kappa shape index (κ1) is 15.7. The van der Waals surface area contributed by atoms with Crippen LogP contribution in [0.1, 0.15) is 32.6 Å². The van der Waals surface area contributed by atoms with Crippen LogP contribution in [0.5, 0.6) is 11.5 Å². The molecule has 0 spiro atoms. The molecule has 1 amide bonds. The zero-order valence-electron chi connectivity index (χ0n) is 13.0. The molecule has 1 heterocycles. The number of nitrogens with zero attached hydrogens (tertiary/aromatic N) is 1.